The minimum atomic E-state index is -1.17. The first-order chi connectivity index (χ1) is 9.43. The van der Waals surface area contributed by atoms with Gasteiger partial charge in [0.2, 0.25) is 5.91 Å². The summed E-state index contributed by atoms with van der Waals surface area (Å²) in [6.07, 6.45) is -1.11. The van der Waals surface area contributed by atoms with E-state index >= 15 is 0 Å². The third kappa shape index (κ3) is 4.58. The van der Waals surface area contributed by atoms with Gasteiger partial charge in [0.05, 0.1) is 6.54 Å². The lowest BCUT2D eigenvalue weighted by atomic mass is 10.2. The van der Waals surface area contributed by atoms with Gasteiger partial charge in [-0.25, -0.2) is 9.59 Å². The van der Waals surface area contributed by atoms with E-state index in [1.807, 2.05) is 0 Å². The van der Waals surface area contributed by atoms with Crippen LogP contribution in [-0.2, 0) is 9.53 Å². The number of aliphatic carboxylic acids is 1. The largest absolute Gasteiger partial charge is 0.479 e. The average molecular weight is 281 g/mol. The van der Waals surface area contributed by atoms with E-state index in [9.17, 15) is 14.4 Å². The average Bonchev–Trinajstić information content (AvgIpc) is 2.39. The summed E-state index contributed by atoms with van der Waals surface area (Å²) >= 11 is 0. The number of rotatable bonds is 6. The summed E-state index contributed by atoms with van der Waals surface area (Å²) in [5, 5.41) is 13.5. The molecule has 108 valence electrons. The first-order valence-corrected chi connectivity index (χ1v) is 5.64. The Bertz CT molecular complexity index is 500. The first kappa shape index (κ1) is 15.4. The highest BCUT2D eigenvalue weighted by Gasteiger charge is 2.17. The predicted octanol–water partition coefficient (Wildman–Crippen LogP) is 0.00660. The minimum Gasteiger partial charge on any atom is -0.479 e. The van der Waals surface area contributed by atoms with Crippen LogP contribution >= 0.6 is 0 Å². The van der Waals surface area contributed by atoms with E-state index in [0.717, 1.165) is 0 Å². The van der Waals surface area contributed by atoms with E-state index in [2.05, 4.69) is 15.4 Å². The molecule has 1 aromatic carbocycles. The number of primary amides is 1. The molecule has 3 amide bonds. The van der Waals surface area contributed by atoms with E-state index in [0.29, 0.717) is 11.3 Å². The number of amides is 3. The fourth-order valence-corrected chi connectivity index (χ4v) is 1.35. The minimum absolute atomic E-state index is 0.170. The van der Waals surface area contributed by atoms with Crippen LogP contribution in [0.1, 0.15) is 10.4 Å². The number of carbonyl (C=O) groups excluding carboxylic acids is 2. The van der Waals surface area contributed by atoms with Crippen LogP contribution in [0.5, 0.6) is 0 Å². The second kappa shape index (κ2) is 7.10. The van der Waals surface area contributed by atoms with Gasteiger partial charge >= 0.3 is 12.0 Å². The van der Waals surface area contributed by atoms with Crippen LogP contribution in [0, 0.1) is 0 Å². The number of carboxylic acids is 1. The van der Waals surface area contributed by atoms with E-state index in [1.165, 1.54) is 31.4 Å². The van der Waals surface area contributed by atoms with Crippen molar-refractivity contribution in [2.75, 3.05) is 19.0 Å². The monoisotopic (exact) mass is 281 g/mol. The summed E-state index contributed by atoms with van der Waals surface area (Å²) in [6.45, 7) is -0.170. The Morgan fingerprint density at radius 1 is 1.30 bits per heavy atom. The molecule has 0 radical (unpaired) electrons. The molecule has 0 aromatic heterocycles. The van der Waals surface area contributed by atoms with Gasteiger partial charge in [-0.15, -0.1) is 0 Å². The fourth-order valence-electron chi connectivity index (χ4n) is 1.35. The van der Waals surface area contributed by atoms with Gasteiger partial charge in [-0.05, 0) is 24.3 Å². The molecule has 0 saturated carbocycles. The summed E-state index contributed by atoms with van der Waals surface area (Å²) < 4.78 is 4.66. The van der Waals surface area contributed by atoms with Crippen LogP contribution in [0.25, 0.3) is 0 Å². The molecule has 0 spiro atoms. The number of nitrogens with one attached hydrogen (secondary N) is 2. The quantitative estimate of drug-likeness (QED) is 0.583. The number of urea groups is 1. The van der Waals surface area contributed by atoms with Gasteiger partial charge in [0.25, 0.3) is 0 Å². The number of benzene rings is 1. The van der Waals surface area contributed by atoms with Crippen molar-refractivity contribution in [3.05, 3.63) is 29.8 Å². The molecule has 0 aliphatic rings. The molecule has 8 heteroatoms. The Morgan fingerprint density at radius 2 is 1.90 bits per heavy atom. The van der Waals surface area contributed by atoms with E-state index in [1.54, 1.807) is 0 Å². The molecular weight excluding hydrogens is 266 g/mol. The van der Waals surface area contributed by atoms with E-state index < -0.39 is 24.0 Å². The maximum absolute atomic E-state index is 11.5. The molecule has 1 atom stereocenters. The first-order valence-electron chi connectivity index (χ1n) is 5.64. The topological polar surface area (TPSA) is 131 Å². The van der Waals surface area contributed by atoms with E-state index in [-0.39, 0.29) is 6.54 Å². The van der Waals surface area contributed by atoms with Crippen molar-refractivity contribution >= 4 is 23.6 Å². The summed E-state index contributed by atoms with van der Waals surface area (Å²) in [5.74, 6) is -1.73. The molecule has 0 bridgehead atoms. The van der Waals surface area contributed by atoms with E-state index in [4.69, 9.17) is 10.8 Å². The van der Waals surface area contributed by atoms with Crippen LogP contribution in [0.3, 0.4) is 0 Å². The molecule has 0 aliphatic carbocycles. The van der Waals surface area contributed by atoms with Crippen LogP contribution in [0.15, 0.2) is 24.3 Å². The van der Waals surface area contributed by atoms with Gasteiger partial charge in [-0.2, -0.15) is 0 Å². The normalized spacial score (nSPS) is 11.4. The third-order valence-corrected chi connectivity index (χ3v) is 2.44. The van der Waals surface area contributed by atoms with Crippen molar-refractivity contribution < 1.29 is 24.2 Å². The molecule has 20 heavy (non-hydrogen) atoms. The lowest BCUT2D eigenvalue weighted by molar-refractivity contribution is -0.147. The maximum Gasteiger partial charge on any atom is 0.334 e. The van der Waals surface area contributed by atoms with Crippen molar-refractivity contribution in [1.82, 2.24) is 5.32 Å². The summed E-state index contributed by atoms with van der Waals surface area (Å²) in [5.41, 5.74) is 5.84. The molecule has 0 saturated heterocycles. The molecule has 5 N–H and O–H groups in total. The Labute approximate surface area is 114 Å². The lowest BCUT2D eigenvalue weighted by Gasteiger charge is -2.12. The second-order valence-electron chi connectivity index (χ2n) is 3.84. The Hall–Kier alpha value is -2.61. The van der Waals surface area contributed by atoms with Crippen LogP contribution in [0.4, 0.5) is 10.5 Å². The summed E-state index contributed by atoms with van der Waals surface area (Å²) in [4.78, 5) is 33.0. The summed E-state index contributed by atoms with van der Waals surface area (Å²) in [7, 11) is 1.24. The number of carbonyl (C=O) groups is 3. The van der Waals surface area contributed by atoms with Gasteiger partial charge < -0.3 is 26.2 Å². The van der Waals surface area contributed by atoms with Crippen LogP contribution in [-0.4, -0.2) is 42.8 Å². The number of nitrogens with two attached hydrogens (primary N) is 1. The molecule has 1 aromatic rings. The molecule has 8 nitrogen and oxygen atoms in total. The SMILES string of the molecule is COC(CNC(=O)Nc1ccc(C(N)=O)cc1)C(=O)O. The molecular formula is C12H15N3O5. The Morgan fingerprint density at radius 3 is 2.35 bits per heavy atom. The van der Waals surface area contributed by atoms with Crippen molar-refractivity contribution in [2.24, 2.45) is 5.73 Å². The van der Waals surface area contributed by atoms with Gasteiger partial charge in [-0.3, -0.25) is 4.79 Å². The zero-order chi connectivity index (χ0) is 15.1. The highest BCUT2D eigenvalue weighted by molar-refractivity contribution is 5.94. The van der Waals surface area contributed by atoms with Crippen molar-refractivity contribution in [1.29, 1.82) is 0 Å². The highest BCUT2D eigenvalue weighted by Crippen LogP contribution is 2.08. The van der Waals surface area contributed by atoms with Gasteiger partial charge in [0.15, 0.2) is 6.10 Å². The Kier molecular flexibility index (Phi) is 5.48. The molecule has 1 unspecified atom stereocenters. The van der Waals surface area contributed by atoms with Gasteiger partial charge in [0.1, 0.15) is 0 Å². The zero-order valence-corrected chi connectivity index (χ0v) is 10.8. The van der Waals surface area contributed by atoms with Crippen molar-refractivity contribution in [3.63, 3.8) is 0 Å². The summed E-state index contributed by atoms with van der Waals surface area (Å²) in [6, 6.07) is 5.36. The zero-order valence-electron chi connectivity index (χ0n) is 10.8. The number of anilines is 1. The standard InChI is InChI=1S/C12H15N3O5/c1-20-9(11(17)18)6-14-12(19)15-8-4-2-7(3-5-8)10(13)16/h2-5,9H,6H2,1H3,(H2,13,16)(H,17,18)(H2,14,15,19). The van der Waals surface area contributed by atoms with Crippen LogP contribution in [0.2, 0.25) is 0 Å². The number of carboxylic acid groups (broad SMARTS) is 1. The van der Waals surface area contributed by atoms with Crippen LogP contribution < -0.4 is 16.4 Å². The Balaban J connectivity index is 2.50. The predicted molar refractivity (Wildman–Crippen MR) is 70.4 cm³/mol. The number of ether oxygens (including phenoxy) is 1. The van der Waals surface area contributed by atoms with Crippen molar-refractivity contribution in [2.45, 2.75) is 6.10 Å². The third-order valence-electron chi connectivity index (χ3n) is 2.44. The van der Waals surface area contributed by atoms with Gasteiger partial charge in [-0.1, -0.05) is 0 Å². The smallest absolute Gasteiger partial charge is 0.334 e. The number of hydrogen-bond acceptors (Lipinski definition) is 4. The maximum atomic E-state index is 11.5. The number of hydrogen-bond donors (Lipinski definition) is 4. The van der Waals surface area contributed by atoms with Gasteiger partial charge in [0, 0.05) is 18.4 Å². The second-order valence-corrected chi connectivity index (χ2v) is 3.84. The highest BCUT2D eigenvalue weighted by atomic mass is 16.5. The molecule has 1 rings (SSSR count). The molecule has 0 fully saturated rings. The lowest BCUT2D eigenvalue weighted by Crippen LogP contribution is -2.39. The van der Waals surface area contributed by atoms with Crippen molar-refractivity contribution in [3.8, 4) is 0 Å². The fraction of sp³-hybridized carbons (Fsp3) is 0.250. The number of methoxy groups -OCH3 is 1. The molecule has 0 heterocycles. The molecule has 0 aliphatic heterocycles.